The maximum Gasteiger partial charge on any atom is 0.228 e. The lowest BCUT2D eigenvalue weighted by Gasteiger charge is -2.35. The Kier molecular flexibility index (Phi) is 3.97. The molecule has 3 aliphatic rings. The minimum Gasteiger partial charge on any atom is -0.345 e. The maximum absolute atomic E-state index is 12.7. The molecule has 2 amide bonds. The molecule has 2 saturated heterocycles. The normalized spacial score (nSPS) is 25.3. The molecular weight excluding hydrogens is 312 g/mol. The lowest BCUT2D eigenvalue weighted by molar-refractivity contribution is -0.136. The number of carbonyl (C=O) groups is 2. The van der Waals surface area contributed by atoms with E-state index in [0.29, 0.717) is 18.9 Å². The van der Waals surface area contributed by atoms with Crippen molar-refractivity contribution in [2.45, 2.75) is 19.3 Å². The van der Waals surface area contributed by atoms with Gasteiger partial charge in [-0.2, -0.15) is 0 Å². The van der Waals surface area contributed by atoms with E-state index in [9.17, 15) is 9.59 Å². The van der Waals surface area contributed by atoms with Gasteiger partial charge in [0.15, 0.2) is 5.13 Å². The second-order valence-electron chi connectivity index (χ2n) is 6.77. The van der Waals surface area contributed by atoms with Crippen molar-refractivity contribution in [1.82, 2.24) is 14.8 Å². The van der Waals surface area contributed by atoms with E-state index in [-0.39, 0.29) is 17.7 Å². The zero-order chi connectivity index (χ0) is 15.8. The van der Waals surface area contributed by atoms with Crippen LogP contribution >= 0.6 is 11.3 Å². The van der Waals surface area contributed by atoms with Gasteiger partial charge in [0.05, 0.1) is 5.92 Å². The first-order chi connectivity index (χ1) is 11.2. The van der Waals surface area contributed by atoms with Crippen molar-refractivity contribution in [2.24, 2.45) is 11.8 Å². The zero-order valence-corrected chi connectivity index (χ0v) is 14.0. The van der Waals surface area contributed by atoms with E-state index in [1.54, 1.807) is 11.3 Å². The molecule has 1 aliphatic carbocycles. The topological polar surface area (TPSA) is 56.8 Å². The number of hydrogen-bond donors (Lipinski definition) is 0. The number of amides is 2. The summed E-state index contributed by atoms with van der Waals surface area (Å²) in [6.45, 7) is 4.59. The SMILES string of the molecule is O=C1C[C@@H](C(=O)N2CCN(c3nccs3)CC2)CN1CC1CC1. The molecule has 0 N–H and O–H groups in total. The van der Waals surface area contributed by atoms with E-state index >= 15 is 0 Å². The fraction of sp³-hybridized carbons (Fsp3) is 0.688. The Morgan fingerprint density at radius 3 is 2.70 bits per heavy atom. The third-order valence-electron chi connectivity index (χ3n) is 5.02. The molecule has 4 rings (SSSR count). The summed E-state index contributed by atoms with van der Waals surface area (Å²) in [7, 11) is 0. The van der Waals surface area contributed by atoms with E-state index in [0.717, 1.165) is 37.9 Å². The van der Waals surface area contributed by atoms with Crippen LogP contribution in [0.5, 0.6) is 0 Å². The highest BCUT2D eigenvalue weighted by molar-refractivity contribution is 7.13. The van der Waals surface area contributed by atoms with E-state index in [4.69, 9.17) is 0 Å². The van der Waals surface area contributed by atoms with Crippen LogP contribution in [0.2, 0.25) is 0 Å². The number of nitrogens with zero attached hydrogens (tertiary/aromatic N) is 4. The van der Waals surface area contributed by atoms with E-state index in [1.165, 1.54) is 12.8 Å². The van der Waals surface area contributed by atoms with Crippen molar-refractivity contribution in [1.29, 1.82) is 0 Å². The van der Waals surface area contributed by atoms with Crippen LogP contribution in [0.4, 0.5) is 5.13 Å². The lowest BCUT2D eigenvalue weighted by Crippen LogP contribution is -2.50. The molecule has 7 heteroatoms. The predicted octanol–water partition coefficient (Wildman–Crippen LogP) is 1.05. The number of carbonyl (C=O) groups excluding carboxylic acids is 2. The quantitative estimate of drug-likeness (QED) is 0.826. The van der Waals surface area contributed by atoms with Gasteiger partial charge >= 0.3 is 0 Å². The van der Waals surface area contributed by atoms with Gasteiger partial charge in [0.1, 0.15) is 0 Å². The Labute approximate surface area is 140 Å². The fourth-order valence-electron chi connectivity index (χ4n) is 3.47. The second-order valence-corrected chi connectivity index (χ2v) is 7.64. The van der Waals surface area contributed by atoms with Crippen LogP contribution in [0.25, 0.3) is 0 Å². The molecule has 0 unspecified atom stereocenters. The van der Waals surface area contributed by atoms with Crippen LogP contribution in [0, 0.1) is 11.8 Å². The standard InChI is InChI=1S/C16H22N4O2S/c21-14-9-13(11-20(14)10-12-1-2-12)15(22)18-4-6-19(7-5-18)16-17-3-8-23-16/h3,8,12-13H,1-2,4-7,9-11H2/t13-/m1/s1. The minimum atomic E-state index is -0.132. The molecule has 0 radical (unpaired) electrons. The first-order valence-corrected chi connectivity index (χ1v) is 9.29. The number of anilines is 1. The Morgan fingerprint density at radius 1 is 1.26 bits per heavy atom. The Morgan fingerprint density at radius 2 is 2.04 bits per heavy atom. The summed E-state index contributed by atoms with van der Waals surface area (Å²) in [5.74, 6) is 0.884. The number of rotatable bonds is 4. The number of piperazine rings is 1. The molecule has 1 aromatic rings. The second kappa shape index (κ2) is 6.11. The highest BCUT2D eigenvalue weighted by Crippen LogP contribution is 2.32. The molecule has 0 spiro atoms. The highest BCUT2D eigenvalue weighted by Gasteiger charge is 2.39. The van der Waals surface area contributed by atoms with Crippen molar-refractivity contribution in [3.05, 3.63) is 11.6 Å². The third-order valence-corrected chi connectivity index (χ3v) is 5.85. The molecule has 2 aliphatic heterocycles. The summed E-state index contributed by atoms with van der Waals surface area (Å²) in [4.78, 5) is 35.2. The predicted molar refractivity (Wildman–Crippen MR) is 88.3 cm³/mol. The van der Waals surface area contributed by atoms with Gasteiger partial charge in [-0.25, -0.2) is 4.98 Å². The first-order valence-electron chi connectivity index (χ1n) is 8.41. The molecule has 1 atom stereocenters. The monoisotopic (exact) mass is 334 g/mol. The zero-order valence-electron chi connectivity index (χ0n) is 13.2. The summed E-state index contributed by atoms with van der Waals surface area (Å²) in [6, 6.07) is 0. The van der Waals surface area contributed by atoms with Crippen molar-refractivity contribution in [2.75, 3.05) is 44.2 Å². The van der Waals surface area contributed by atoms with Gasteiger partial charge in [-0.1, -0.05) is 0 Å². The molecule has 1 aromatic heterocycles. The molecular formula is C16H22N4O2S. The van der Waals surface area contributed by atoms with Gasteiger partial charge in [-0.3, -0.25) is 9.59 Å². The van der Waals surface area contributed by atoms with Crippen molar-refractivity contribution < 1.29 is 9.59 Å². The Hall–Kier alpha value is -1.63. The average Bonchev–Trinajstić information content (AvgIpc) is 3.08. The Bertz CT molecular complexity index is 579. The van der Waals surface area contributed by atoms with E-state index in [1.807, 2.05) is 21.4 Å². The molecule has 0 bridgehead atoms. The van der Waals surface area contributed by atoms with Gasteiger partial charge in [0, 0.05) is 57.3 Å². The van der Waals surface area contributed by atoms with Crippen LogP contribution in [-0.4, -0.2) is 65.9 Å². The molecule has 124 valence electrons. The minimum absolute atomic E-state index is 0.132. The van der Waals surface area contributed by atoms with E-state index < -0.39 is 0 Å². The van der Waals surface area contributed by atoms with Crippen molar-refractivity contribution in [3.63, 3.8) is 0 Å². The first kappa shape index (κ1) is 14.9. The summed E-state index contributed by atoms with van der Waals surface area (Å²) in [6.07, 6.45) is 4.69. The molecule has 6 nitrogen and oxygen atoms in total. The maximum atomic E-state index is 12.7. The lowest BCUT2D eigenvalue weighted by atomic mass is 10.1. The van der Waals surface area contributed by atoms with Crippen LogP contribution in [0.3, 0.4) is 0 Å². The summed E-state index contributed by atoms with van der Waals surface area (Å²) in [5, 5.41) is 3.01. The molecule has 3 fully saturated rings. The van der Waals surface area contributed by atoms with Crippen LogP contribution < -0.4 is 4.90 Å². The number of thiazole rings is 1. The van der Waals surface area contributed by atoms with Gasteiger partial charge in [0.2, 0.25) is 11.8 Å². The largest absolute Gasteiger partial charge is 0.345 e. The number of aromatic nitrogens is 1. The van der Waals surface area contributed by atoms with Gasteiger partial charge in [-0.05, 0) is 18.8 Å². The molecule has 23 heavy (non-hydrogen) atoms. The average molecular weight is 334 g/mol. The fourth-order valence-corrected chi connectivity index (χ4v) is 4.17. The molecule has 1 saturated carbocycles. The smallest absolute Gasteiger partial charge is 0.228 e. The van der Waals surface area contributed by atoms with Gasteiger partial charge in [-0.15, -0.1) is 11.3 Å². The number of hydrogen-bond acceptors (Lipinski definition) is 5. The Balaban J connectivity index is 1.30. The molecule has 0 aromatic carbocycles. The van der Waals surface area contributed by atoms with Crippen molar-refractivity contribution >= 4 is 28.3 Å². The van der Waals surface area contributed by atoms with Crippen LogP contribution in [0.1, 0.15) is 19.3 Å². The van der Waals surface area contributed by atoms with Crippen molar-refractivity contribution in [3.8, 4) is 0 Å². The van der Waals surface area contributed by atoms with Crippen LogP contribution in [0.15, 0.2) is 11.6 Å². The number of likely N-dealkylation sites (tertiary alicyclic amines) is 1. The summed E-state index contributed by atoms with van der Waals surface area (Å²) in [5.41, 5.74) is 0. The van der Waals surface area contributed by atoms with E-state index in [2.05, 4.69) is 9.88 Å². The van der Waals surface area contributed by atoms with Gasteiger partial charge in [0.25, 0.3) is 0 Å². The highest BCUT2D eigenvalue weighted by atomic mass is 32.1. The summed E-state index contributed by atoms with van der Waals surface area (Å²) >= 11 is 1.64. The van der Waals surface area contributed by atoms with Gasteiger partial charge < -0.3 is 14.7 Å². The van der Waals surface area contributed by atoms with Crippen LogP contribution in [-0.2, 0) is 9.59 Å². The third kappa shape index (κ3) is 3.20. The molecule has 3 heterocycles. The summed E-state index contributed by atoms with van der Waals surface area (Å²) < 4.78 is 0.